The van der Waals surface area contributed by atoms with Crippen molar-refractivity contribution in [2.75, 3.05) is 14.2 Å². The molecule has 90 valence electrons. The molecular formula is C10H13Cl2NO3. The molecule has 2 N–H and O–H groups in total. The Morgan fingerprint density at radius 1 is 1.50 bits per heavy atom. The van der Waals surface area contributed by atoms with Crippen molar-refractivity contribution in [2.45, 2.75) is 17.1 Å². The third kappa shape index (κ3) is 1.41. The second-order valence-corrected chi connectivity index (χ2v) is 4.40. The summed E-state index contributed by atoms with van der Waals surface area (Å²) >= 11 is 12.1. The van der Waals surface area contributed by atoms with Crippen molar-refractivity contribution >= 4 is 29.0 Å². The minimum atomic E-state index is -1.54. The number of ether oxygens (including phenoxy) is 2. The van der Waals surface area contributed by atoms with Gasteiger partial charge in [-0.3, -0.25) is 4.79 Å². The van der Waals surface area contributed by atoms with Crippen molar-refractivity contribution in [3.8, 4) is 0 Å². The molecule has 1 aliphatic rings. The molecule has 0 bridgehead atoms. The Balaban J connectivity index is 3.40. The van der Waals surface area contributed by atoms with Crippen LogP contribution in [0.5, 0.6) is 0 Å². The predicted octanol–water partition coefficient (Wildman–Crippen LogP) is 1.52. The van der Waals surface area contributed by atoms with Crippen molar-refractivity contribution in [3.05, 3.63) is 23.4 Å². The van der Waals surface area contributed by atoms with Crippen LogP contribution in [0.2, 0.25) is 0 Å². The van der Waals surface area contributed by atoms with E-state index in [1.807, 2.05) is 0 Å². The van der Waals surface area contributed by atoms with E-state index in [-0.39, 0.29) is 17.2 Å². The van der Waals surface area contributed by atoms with Gasteiger partial charge in [-0.15, -0.1) is 18.2 Å². The van der Waals surface area contributed by atoms with Crippen LogP contribution >= 0.6 is 23.2 Å². The van der Waals surface area contributed by atoms with Crippen LogP contribution in [-0.2, 0) is 14.3 Å². The van der Waals surface area contributed by atoms with Crippen LogP contribution in [0.4, 0.5) is 0 Å². The zero-order valence-corrected chi connectivity index (χ0v) is 10.6. The van der Waals surface area contributed by atoms with Crippen LogP contribution in [0.3, 0.4) is 0 Å². The first-order chi connectivity index (χ1) is 7.41. The third-order valence-corrected chi connectivity index (χ3v) is 3.62. The average molecular weight is 266 g/mol. The molecule has 0 spiro atoms. The summed E-state index contributed by atoms with van der Waals surface area (Å²) in [4.78, 5) is 10.5. The van der Waals surface area contributed by atoms with Gasteiger partial charge in [0.15, 0.2) is 4.87 Å². The molecule has 0 aromatic rings. The van der Waals surface area contributed by atoms with Crippen LogP contribution in [0, 0.1) is 0 Å². The predicted molar refractivity (Wildman–Crippen MR) is 62.2 cm³/mol. The Bertz CT molecular complexity index is 363. The van der Waals surface area contributed by atoms with Crippen LogP contribution < -0.4 is 5.73 Å². The zero-order chi connectivity index (χ0) is 12.6. The molecule has 1 atom stereocenters. The highest BCUT2D eigenvalue weighted by Crippen LogP contribution is 2.49. The second kappa shape index (κ2) is 4.37. The highest BCUT2D eigenvalue weighted by molar-refractivity contribution is 6.53. The maximum atomic E-state index is 12.0. The molecule has 0 amide bonds. The highest BCUT2D eigenvalue weighted by atomic mass is 35.5. The molecule has 1 rings (SSSR count). The molecule has 0 aromatic heterocycles. The van der Waals surface area contributed by atoms with E-state index < -0.39 is 16.4 Å². The molecular weight excluding hydrogens is 253 g/mol. The molecule has 0 aromatic carbocycles. The Morgan fingerprint density at radius 3 is 2.38 bits per heavy atom. The molecule has 4 nitrogen and oxygen atoms in total. The third-order valence-electron chi connectivity index (χ3n) is 2.67. The van der Waals surface area contributed by atoms with Crippen molar-refractivity contribution in [2.24, 2.45) is 5.73 Å². The van der Waals surface area contributed by atoms with Gasteiger partial charge in [-0.05, 0) is 6.42 Å². The first-order valence-electron chi connectivity index (χ1n) is 4.52. The first kappa shape index (κ1) is 13.5. The van der Waals surface area contributed by atoms with Crippen LogP contribution in [-0.4, -0.2) is 30.7 Å². The summed E-state index contributed by atoms with van der Waals surface area (Å²) in [6, 6.07) is 0. The molecule has 0 aliphatic heterocycles. The number of nitrogens with two attached hydrogens (primary N) is 1. The van der Waals surface area contributed by atoms with Crippen molar-refractivity contribution < 1.29 is 14.3 Å². The normalized spacial score (nSPS) is 28.6. The standard InChI is InChI=1S/C10H13Cl2NO3/c1-4-5-9(12)8(14)6(11)7(13)10(9,15-2)16-3/h4H,1,5,13H2,2-3H3. The lowest BCUT2D eigenvalue weighted by Gasteiger charge is -2.38. The van der Waals surface area contributed by atoms with Gasteiger partial charge >= 0.3 is 0 Å². The van der Waals surface area contributed by atoms with Crippen LogP contribution in [0.15, 0.2) is 23.4 Å². The van der Waals surface area contributed by atoms with Gasteiger partial charge in [0, 0.05) is 14.2 Å². The number of allylic oxidation sites excluding steroid dienone is 2. The molecule has 1 aliphatic carbocycles. The van der Waals surface area contributed by atoms with E-state index in [2.05, 4.69) is 6.58 Å². The van der Waals surface area contributed by atoms with Crippen molar-refractivity contribution in [1.82, 2.24) is 0 Å². The molecule has 0 heterocycles. The Kier molecular flexibility index (Phi) is 3.69. The van der Waals surface area contributed by atoms with E-state index >= 15 is 0 Å². The van der Waals surface area contributed by atoms with E-state index in [1.54, 1.807) is 0 Å². The van der Waals surface area contributed by atoms with Gasteiger partial charge in [-0.1, -0.05) is 17.7 Å². The summed E-state index contributed by atoms with van der Waals surface area (Å²) < 4.78 is 10.4. The molecule has 0 radical (unpaired) electrons. The summed E-state index contributed by atoms with van der Waals surface area (Å²) in [6.45, 7) is 3.54. The zero-order valence-electron chi connectivity index (χ0n) is 9.05. The maximum absolute atomic E-state index is 12.0. The lowest BCUT2D eigenvalue weighted by atomic mass is 9.94. The fraction of sp³-hybridized carbons (Fsp3) is 0.500. The van der Waals surface area contributed by atoms with E-state index in [0.29, 0.717) is 0 Å². The number of halogens is 2. The highest BCUT2D eigenvalue weighted by Gasteiger charge is 2.64. The average Bonchev–Trinajstić information content (AvgIpc) is 2.41. The molecule has 0 saturated heterocycles. The minimum absolute atomic E-state index is 0.0129. The second-order valence-electron chi connectivity index (χ2n) is 3.38. The van der Waals surface area contributed by atoms with E-state index in [9.17, 15) is 4.79 Å². The molecule has 1 unspecified atom stereocenters. The molecule has 0 saturated carbocycles. The van der Waals surface area contributed by atoms with Crippen LogP contribution in [0.25, 0.3) is 0 Å². The number of hydrogen-bond donors (Lipinski definition) is 1. The minimum Gasteiger partial charge on any atom is -0.396 e. The Morgan fingerprint density at radius 2 is 2.00 bits per heavy atom. The number of rotatable bonds is 4. The number of alkyl halides is 1. The van der Waals surface area contributed by atoms with Gasteiger partial charge in [0.25, 0.3) is 0 Å². The molecule has 16 heavy (non-hydrogen) atoms. The van der Waals surface area contributed by atoms with Gasteiger partial charge in [0.05, 0.1) is 5.70 Å². The largest absolute Gasteiger partial charge is 0.396 e. The maximum Gasteiger partial charge on any atom is 0.238 e. The number of carbonyl (C=O) groups excluding carboxylic acids is 1. The SMILES string of the molecule is C=CCC1(Cl)C(=O)C(Cl)=C(N)C1(OC)OC. The van der Waals surface area contributed by atoms with Gasteiger partial charge in [-0.25, -0.2) is 0 Å². The van der Waals surface area contributed by atoms with Gasteiger partial charge < -0.3 is 15.2 Å². The van der Waals surface area contributed by atoms with Crippen molar-refractivity contribution in [3.63, 3.8) is 0 Å². The first-order valence-corrected chi connectivity index (χ1v) is 5.27. The number of hydrogen-bond acceptors (Lipinski definition) is 4. The van der Waals surface area contributed by atoms with Gasteiger partial charge in [0.1, 0.15) is 5.03 Å². The topological polar surface area (TPSA) is 61.6 Å². The number of ketones is 1. The number of carbonyl (C=O) groups is 1. The number of Topliss-reactive ketones (excluding diaryl/α,β-unsaturated/α-hetero) is 1. The quantitative estimate of drug-likeness (QED) is 0.476. The lowest BCUT2D eigenvalue weighted by Crippen LogP contribution is -2.55. The lowest BCUT2D eigenvalue weighted by molar-refractivity contribution is -0.196. The fourth-order valence-electron chi connectivity index (χ4n) is 1.86. The van der Waals surface area contributed by atoms with E-state index in [0.717, 1.165) is 0 Å². The monoisotopic (exact) mass is 265 g/mol. The Hall–Kier alpha value is -0.550. The smallest absolute Gasteiger partial charge is 0.238 e. The van der Waals surface area contributed by atoms with Crippen LogP contribution in [0.1, 0.15) is 6.42 Å². The van der Waals surface area contributed by atoms with Crippen molar-refractivity contribution in [1.29, 1.82) is 0 Å². The Labute approximate surface area is 104 Å². The van der Waals surface area contributed by atoms with Gasteiger partial charge in [0.2, 0.25) is 11.6 Å². The summed E-state index contributed by atoms with van der Waals surface area (Å²) in [5.74, 6) is -2.06. The van der Waals surface area contributed by atoms with E-state index in [4.69, 9.17) is 38.4 Å². The fourth-order valence-corrected chi connectivity index (χ4v) is 2.65. The summed E-state index contributed by atoms with van der Waals surface area (Å²) in [7, 11) is 2.69. The summed E-state index contributed by atoms with van der Waals surface area (Å²) in [6.07, 6.45) is 1.62. The molecule has 0 fully saturated rings. The summed E-state index contributed by atoms with van der Waals surface area (Å²) in [5, 5.41) is -0.152. The summed E-state index contributed by atoms with van der Waals surface area (Å²) in [5.41, 5.74) is 5.72. The van der Waals surface area contributed by atoms with E-state index in [1.165, 1.54) is 20.3 Å². The molecule has 6 heteroatoms. The number of methoxy groups -OCH3 is 2. The van der Waals surface area contributed by atoms with Gasteiger partial charge in [-0.2, -0.15) is 0 Å².